The van der Waals surface area contributed by atoms with Gasteiger partial charge in [0.1, 0.15) is 29.6 Å². The fraction of sp³-hybridized carbons (Fsp3) is 0.586. The lowest BCUT2D eigenvalue weighted by atomic mass is 9.50. The molecule has 13 heteroatoms. The van der Waals surface area contributed by atoms with Crippen LogP contribution >= 0.6 is 0 Å². The van der Waals surface area contributed by atoms with Crippen LogP contribution in [0.15, 0.2) is 24.4 Å². The van der Waals surface area contributed by atoms with Gasteiger partial charge < -0.3 is 34.5 Å². The molecule has 3 saturated carbocycles. The van der Waals surface area contributed by atoms with Crippen LogP contribution in [0.5, 0.6) is 5.75 Å². The number of nitro benzene ring substituents is 1. The number of nitro groups is 1. The van der Waals surface area contributed by atoms with Crippen LogP contribution in [0.1, 0.15) is 19.3 Å². The second-order valence-corrected chi connectivity index (χ2v) is 18.9. The van der Waals surface area contributed by atoms with Crippen molar-refractivity contribution in [3.05, 3.63) is 34.5 Å². The average Bonchev–Trinajstić information content (AvgIpc) is 3.28. The zero-order chi connectivity index (χ0) is 30.2. The van der Waals surface area contributed by atoms with Gasteiger partial charge in [0.05, 0.1) is 23.1 Å². The number of ether oxygens (including phenoxy) is 2. The summed E-state index contributed by atoms with van der Waals surface area (Å²) in [6.45, 7) is 9.48. The van der Waals surface area contributed by atoms with Gasteiger partial charge in [-0.05, 0) is 51.4 Å². The molecule has 2 heterocycles. The van der Waals surface area contributed by atoms with E-state index in [1.54, 1.807) is 13.2 Å². The van der Waals surface area contributed by atoms with Gasteiger partial charge in [0, 0.05) is 58.7 Å². The van der Waals surface area contributed by atoms with Crippen molar-refractivity contribution in [3.63, 3.8) is 0 Å². The van der Waals surface area contributed by atoms with E-state index in [9.17, 15) is 10.1 Å². The SMILES string of the molecule is COc1cc(N(C)CCN(C)C)c([N+](=O)[O-])cc1Nc1nc(NC23CC(C2)C3)c2ccn(COCC[Si](C)(C)C)c2n1. The normalized spacial score (nSPS) is 19.4. The summed E-state index contributed by atoms with van der Waals surface area (Å²) in [5.41, 5.74) is 1.73. The maximum absolute atomic E-state index is 12.1. The number of likely N-dealkylation sites (N-methyl/N-ethyl adjacent to an activating group) is 2. The molecule has 2 N–H and O–H groups in total. The number of nitrogens with one attached hydrogen (secondary N) is 2. The second kappa shape index (κ2) is 11.7. The second-order valence-electron chi connectivity index (χ2n) is 13.3. The van der Waals surface area contributed by atoms with Gasteiger partial charge >= 0.3 is 0 Å². The Morgan fingerprint density at radius 2 is 1.90 bits per heavy atom. The van der Waals surface area contributed by atoms with Crippen molar-refractivity contribution in [2.24, 2.45) is 5.92 Å². The molecule has 1 aromatic carbocycles. The largest absolute Gasteiger partial charge is 0.494 e. The number of hydrogen-bond acceptors (Lipinski definition) is 10. The quantitative estimate of drug-likeness (QED) is 0.102. The fourth-order valence-electron chi connectivity index (χ4n) is 5.61. The molecular formula is C29H44N8O4Si. The molecule has 2 bridgehead atoms. The minimum Gasteiger partial charge on any atom is -0.494 e. The van der Waals surface area contributed by atoms with Gasteiger partial charge in [-0.2, -0.15) is 9.97 Å². The third kappa shape index (κ3) is 6.47. The van der Waals surface area contributed by atoms with Crippen LogP contribution in [-0.2, 0) is 11.5 Å². The number of methoxy groups -OCH3 is 1. The molecular weight excluding hydrogens is 552 g/mol. The Morgan fingerprint density at radius 1 is 1.17 bits per heavy atom. The Morgan fingerprint density at radius 3 is 2.50 bits per heavy atom. The minimum absolute atomic E-state index is 0.0213. The molecule has 3 aliphatic rings. The number of rotatable bonds is 15. The van der Waals surface area contributed by atoms with Gasteiger partial charge in [0.2, 0.25) is 5.95 Å². The van der Waals surface area contributed by atoms with E-state index >= 15 is 0 Å². The Hall–Kier alpha value is -3.42. The van der Waals surface area contributed by atoms with E-state index in [0.29, 0.717) is 43.0 Å². The van der Waals surface area contributed by atoms with E-state index in [-0.39, 0.29) is 16.1 Å². The van der Waals surface area contributed by atoms with Crippen molar-refractivity contribution < 1.29 is 14.4 Å². The molecule has 0 atom stereocenters. The molecule has 0 spiro atoms. The minimum atomic E-state index is -1.20. The molecule has 228 valence electrons. The summed E-state index contributed by atoms with van der Waals surface area (Å²) in [6.07, 6.45) is 5.45. The molecule has 3 fully saturated rings. The van der Waals surface area contributed by atoms with E-state index < -0.39 is 8.07 Å². The van der Waals surface area contributed by atoms with E-state index in [0.717, 1.165) is 54.6 Å². The Balaban J connectivity index is 1.47. The molecule has 3 aromatic rings. The maximum Gasteiger partial charge on any atom is 0.294 e. The number of nitrogens with zero attached hydrogens (tertiary/aromatic N) is 6. The number of anilines is 4. The van der Waals surface area contributed by atoms with Crippen LogP contribution in [-0.4, -0.2) is 85.9 Å². The molecule has 12 nitrogen and oxygen atoms in total. The predicted octanol–water partition coefficient (Wildman–Crippen LogP) is 5.37. The van der Waals surface area contributed by atoms with E-state index in [4.69, 9.17) is 19.4 Å². The summed E-state index contributed by atoms with van der Waals surface area (Å²) < 4.78 is 13.7. The van der Waals surface area contributed by atoms with Gasteiger partial charge in [-0.1, -0.05) is 19.6 Å². The van der Waals surface area contributed by atoms with Crippen LogP contribution in [0, 0.1) is 16.0 Å². The molecule has 0 unspecified atom stereocenters. The lowest BCUT2D eigenvalue weighted by Gasteiger charge is -2.62. The first-order valence-corrected chi connectivity index (χ1v) is 18.3. The molecule has 0 amide bonds. The summed E-state index contributed by atoms with van der Waals surface area (Å²) in [6, 6.07) is 6.31. The molecule has 2 aromatic heterocycles. The standard InChI is InChI=1S/C29H44N8O4Si/c1-34(2)10-11-35(3)23-15-25(40-4)22(14-24(23)37(38)39)30-28-31-26(33-29-16-20(17-29)18-29)21-8-9-36(27(21)32-28)19-41-12-13-42(5,6)7/h8-9,14-15,20H,10-13,16-19H2,1-7H3,(H2,30,31,32,33). The summed E-state index contributed by atoms with van der Waals surface area (Å²) in [7, 11) is 6.14. The zero-order valence-corrected chi connectivity index (χ0v) is 26.9. The van der Waals surface area contributed by atoms with Crippen molar-refractivity contribution in [2.45, 2.75) is 57.2 Å². The van der Waals surface area contributed by atoms with Crippen molar-refractivity contribution in [3.8, 4) is 5.75 Å². The highest BCUT2D eigenvalue weighted by atomic mass is 28.3. The van der Waals surface area contributed by atoms with Crippen LogP contribution < -0.4 is 20.3 Å². The van der Waals surface area contributed by atoms with Crippen molar-refractivity contribution in [2.75, 3.05) is 63.5 Å². The first-order chi connectivity index (χ1) is 19.9. The first kappa shape index (κ1) is 30.0. The lowest BCUT2D eigenvalue weighted by Crippen LogP contribution is -2.63. The van der Waals surface area contributed by atoms with Crippen LogP contribution in [0.3, 0.4) is 0 Å². The molecule has 3 aliphatic carbocycles. The van der Waals surface area contributed by atoms with E-state index in [2.05, 4.69) is 30.3 Å². The Kier molecular flexibility index (Phi) is 8.36. The van der Waals surface area contributed by atoms with Crippen LogP contribution in [0.2, 0.25) is 25.7 Å². The number of fused-ring (bicyclic) bond motifs is 1. The van der Waals surface area contributed by atoms with Gasteiger partial charge in [-0.3, -0.25) is 10.1 Å². The van der Waals surface area contributed by atoms with Crippen molar-refractivity contribution >= 4 is 47.9 Å². The Bertz CT molecular complexity index is 1440. The van der Waals surface area contributed by atoms with Gasteiger partial charge in [0.25, 0.3) is 5.69 Å². The predicted molar refractivity (Wildman–Crippen MR) is 170 cm³/mol. The fourth-order valence-corrected chi connectivity index (χ4v) is 6.37. The van der Waals surface area contributed by atoms with Crippen molar-refractivity contribution in [1.29, 1.82) is 0 Å². The Labute approximate surface area is 248 Å². The topological polar surface area (TPSA) is 123 Å². The smallest absolute Gasteiger partial charge is 0.294 e. The average molecular weight is 597 g/mol. The summed E-state index contributed by atoms with van der Waals surface area (Å²) in [5.74, 6) is 2.38. The molecule has 0 saturated heterocycles. The maximum atomic E-state index is 12.1. The highest BCUT2D eigenvalue weighted by Crippen LogP contribution is 2.58. The molecule has 0 radical (unpaired) electrons. The third-order valence-electron chi connectivity index (χ3n) is 8.30. The molecule has 6 rings (SSSR count). The lowest BCUT2D eigenvalue weighted by molar-refractivity contribution is -0.384. The monoisotopic (exact) mass is 596 g/mol. The first-order valence-electron chi connectivity index (χ1n) is 14.6. The summed E-state index contributed by atoms with van der Waals surface area (Å²) in [5, 5.41) is 20.0. The number of aromatic nitrogens is 3. The highest BCUT2D eigenvalue weighted by Gasteiger charge is 2.57. The van der Waals surface area contributed by atoms with Crippen molar-refractivity contribution in [1.82, 2.24) is 19.4 Å². The highest BCUT2D eigenvalue weighted by molar-refractivity contribution is 6.76. The van der Waals surface area contributed by atoms with E-state index in [1.165, 1.54) is 6.07 Å². The summed E-state index contributed by atoms with van der Waals surface area (Å²) >= 11 is 0. The van der Waals surface area contributed by atoms with Gasteiger partial charge in [-0.25, -0.2) is 0 Å². The number of hydrogen-bond donors (Lipinski definition) is 2. The van der Waals surface area contributed by atoms with Crippen LogP contribution in [0.4, 0.5) is 28.8 Å². The molecule has 42 heavy (non-hydrogen) atoms. The summed E-state index contributed by atoms with van der Waals surface area (Å²) in [4.78, 5) is 25.4. The van der Waals surface area contributed by atoms with E-state index in [1.807, 2.05) is 47.8 Å². The number of benzene rings is 1. The zero-order valence-electron chi connectivity index (χ0n) is 25.9. The molecule has 0 aliphatic heterocycles. The third-order valence-corrected chi connectivity index (χ3v) is 10.0. The van der Waals surface area contributed by atoms with Gasteiger partial charge in [0.15, 0.2) is 0 Å². The van der Waals surface area contributed by atoms with Crippen LogP contribution in [0.25, 0.3) is 11.0 Å². The van der Waals surface area contributed by atoms with Gasteiger partial charge in [-0.15, -0.1) is 0 Å².